The molecule has 0 bridgehead atoms. The first-order chi connectivity index (χ1) is 12.0. The van der Waals surface area contributed by atoms with Gasteiger partial charge in [-0.15, -0.1) is 0 Å². The number of carbonyl (C=O) groups is 1. The van der Waals surface area contributed by atoms with E-state index < -0.39 is 0 Å². The number of carbonyl (C=O) groups excluding carboxylic acids is 1. The molecular weight excluding hydrogens is 357 g/mol. The van der Waals surface area contributed by atoms with Crippen LogP contribution in [0.5, 0.6) is 0 Å². The summed E-state index contributed by atoms with van der Waals surface area (Å²) in [5, 5.41) is 4.91. The zero-order valence-corrected chi connectivity index (χ0v) is 15.4. The molecule has 1 aromatic heterocycles. The van der Waals surface area contributed by atoms with Crippen LogP contribution >= 0.6 is 23.2 Å². The normalized spacial score (nSPS) is 12.2. The predicted octanol–water partition coefficient (Wildman–Crippen LogP) is 5.13. The molecule has 0 radical (unpaired) electrons. The van der Waals surface area contributed by atoms with Crippen LogP contribution in [0.1, 0.15) is 30.9 Å². The predicted molar refractivity (Wildman–Crippen MR) is 102 cm³/mol. The number of aromatic nitrogens is 2. The monoisotopic (exact) mass is 373 g/mol. The molecule has 25 heavy (non-hydrogen) atoms. The molecule has 0 saturated heterocycles. The first-order valence-corrected chi connectivity index (χ1v) is 8.77. The summed E-state index contributed by atoms with van der Waals surface area (Å²) in [6.45, 7) is 3.95. The zero-order valence-electron chi connectivity index (χ0n) is 13.9. The van der Waals surface area contributed by atoms with Crippen LogP contribution in [0.2, 0.25) is 10.0 Å². The Balaban J connectivity index is 2.16. The fourth-order valence-electron chi connectivity index (χ4n) is 2.42. The Kier molecular flexibility index (Phi) is 5.21. The molecule has 1 atom stereocenters. The molecule has 0 fully saturated rings. The van der Waals surface area contributed by atoms with E-state index in [-0.39, 0.29) is 17.8 Å². The van der Waals surface area contributed by atoms with Gasteiger partial charge in [0.2, 0.25) is 5.82 Å². The van der Waals surface area contributed by atoms with E-state index in [2.05, 4.69) is 15.3 Å². The Morgan fingerprint density at radius 1 is 1.08 bits per heavy atom. The molecule has 6 heteroatoms. The first kappa shape index (κ1) is 17.6. The average Bonchev–Trinajstić information content (AvgIpc) is 2.61. The highest BCUT2D eigenvalue weighted by molar-refractivity contribution is 6.31. The summed E-state index contributed by atoms with van der Waals surface area (Å²) >= 11 is 12.1. The molecule has 0 saturated carbocycles. The molecule has 0 aliphatic heterocycles. The SMILES string of the molecule is CCC(C)NC(=O)c1nc(-c2ccc(Cl)cc2)c2cc(Cl)ccc2n1. The minimum Gasteiger partial charge on any atom is -0.347 e. The quantitative estimate of drug-likeness (QED) is 0.689. The minimum absolute atomic E-state index is 0.0518. The summed E-state index contributed by atoms with van der Waals surface area (Å²) in [6, 6.07) is 12.7. The van der Waals surface area contributed by atoms with E-state index in [4.69, 9.17) is 23.2 Å². The molecule has 0 spiro atoms. The highest BCUT2D eigenvalue weighted by Gasteiger charge is 2.16. The number of nitrogens with zero attached hydrogens (tertiary/aromatic N) is 2. The van der Waals surface area contributed by atoms with Crippen LogP contribution in [0.4, 0.5) is 0 Å². The third kappa shape index (κ3) is 3.91. The van der Waals surface area contributed by atoms with Crippen LogP contribution in [0.15, 0.2) is 42.5 Å². The summed E-state index contributed by atoms with van der Waals surface area (Å²) in [5.41, 5.74) is 2.16. The van der Waals surface area contributed by atoms with Gasteiger partial charge in [-0.3, -0.25) is 4.79 Å². The molecule has 1 unspecified atom stereocenters. The Hall–Kier alpha value is -2.17. The lowest BCUT2D eigenvalue weighted by Crippen LogP contribution is -2.33. The lowest BCUT2D eigenvalue weighted by atomic mass is 10.1. The molecule has 1 heterocycles. The van der Waals surface area contributed by atoms with Gasteiger partial charge in [-0.05, 0) is 43.7 Å². The van der Waals surface area contributed by atoms with Crippen molar-refractivity contribution in [3.63, 3.8) is 0 Å². The van der Waals surface area contributed by atoms with Crippen molar-refractivity contribution in [2.45, 2.75) is 26.3 Å². The molecule has 2 aromatic carbocycles. The van der Waals surface area contributed by atoms with Crippen molar-refractivity contribution in [3.8, 4) is 11.3 Å². The average molecular weight is 374 g/mol. The Morgan fingerprint density at radius 2 is 1.76 bits per heavy atom. The van der Waals surface area contributed by atoms with Crippen LogP contribution < -0.4 is 5.32 Å². The first-order valence-electron chi connectivity index (χ1n) is 8.02. The second-order valence-corrected chi connectivity index (χ2v) is 6.72. The van der Waals surface area contributed by atoms with Crippen molar-refractivity contribution >= 4 is 40.0 Å². The molecule has 128 valence electrons. The molecule has 1 N–H and O–H groups in total. The standard InChI is InChI=1S/C19H17Cl2N3O/c1-3-11(2)22-19(25)18-23-16-9-8-14(21)10-15(16)17(24-18)12-4-6-13(20)7-5-12/h4-11H,3H2,1-2H3,(H,22,25). The van der Waals surface area contributed by atoms with E-state index in [1.165, 1.54) is 0 Å². The number of halogens is 2. The number of hydrogen-bond acceptors (Lipinski definition) is 3. The smallest absolute Gasteiger partial charge is 0.289 e. The molecule has 0 aliphatic rings. The van der Waals surface area contributed by atoms with Gasteiger partial charge in [-0.1, -0.05) is 42.3 Å². The van der Waals surface area contributed by atoms with Gasteiger partial charge in [0.15, 0.2) is 0 Å². The Morgan fingerprint density at radius 3 is 2.44 bits per heavy atom. The fourth-order valence-corrected chi connectivity index (χ4v) is 2.72. The van der Waals surface area contributed by atoms with Crippen molar-refractivity contribution in [2.75, 3.05) is 0 Å². The topological polar surface area (TPSA) is 54.9 Å². The molecule has 3 aromatic rings. The van der Waals surface area contributed by atoms with Crippen LogP contribution in [-0.2, 0) is 0 Å². The number of benzene rings is 2. The molecule has 1 amide bonds. The third-order valence-electron chi connectivity index (χ3n) is 3.97. The second-order valence-electron chi connectivity index (χ2n) is 5.85. The lowest BCUT2D eigenvalue weighted by Gasteiger charge is -2.13. The van der Waals surface area contributed by atoms with E-state index in [0.29, 0.717) is 21.3 Å². The number of hydrogen-bond donors (Lipinski definition) is 1. The van der Waals surface area contributed by atoms with Crippen molar-refractivity contribution < 1.29 is 4.79 Å². The van der Waals surface area contributed by atoms with Gasteiger partial charge in [0.1, 0.15) is 0 Å². The van der Waals surface area contributed by atoms with Gasteiger partial charge in [0.25, 0.3) is 5.91 Å². The summed E-state index contributed by atoms with van der Waals surface area (Å²) in [6.07, 6.45) is 0.832. The van der Waals surface area contributed by atoms with Crippen LogP contribution in [-0.4, -0.2) is 21.9 Å². The largest absolute Gasteiger partial charge is 0.347 e. The fraction of sp³-hybridized carbons (Fsp3) is 0.211. The Bertz CT molecular complexity index is 926. The summed E-state index contributed by atoms with van der Waals surface area (Å²) in [7, 11) is 0. The van der Waals surface area contributed by atoms with Crippen LogP contribution in [0.25, 0.3) is 22.2 Å². The summed E-state index contributed by atoms with van der Waals surface area (Å²) < 4.78 is 0. The summed E-state index contributed by atoms with van der Waals surface area (Å²) in [5.74, 6) is -0.151. The van der Waals surface area contributed by atoms with E-state index in [1.54, 1.807) is 30.3 Å². The highest BCUT2D eigenvalue weighted by Crippen LogP contribution is 2.29. The molecule has 4 nitrogen and oxygen atoms in total. The Labute approximate surface area is 156 Å². The van der Waals surface area contributed by atoms with Crippen molar-refractivity contribution in [2.24, 2.45) is 0 Å². The van der Waals surface area contributed by atoms with Gasteiger partial charge in [0, 0.05) is 27.0 Å². The summed E-state index contributed by atoms with van der Waals surface area (Å²) in [4.78, 5) is 21.4. The maximum Gasteiger partial charge on any atom is 0.289 e. The van der Waals surface area contributed by atoms with Crippen molar-refractivity contribution in [1.82, 2.24) is 15.3 Å². The highest BCUT2D eigenvalue weighted by atomic mass is 35.5. The van der Waals surface area contributed by atoms with E-state index >= 15 is 0 Å². The molecule has 0 aliphatic carbocycles. The number of nitrogens with one attached hydrogen (secondary N) is 1. The zero-order chi connectivity index (χ0) is 18.0. The van der Waals surface area contributed by atoms with Gasteiger partial charge in [0.05, 0.1) is 11.2 Å². The second kappa shape index (κ2) is 7.38. The van der Waals surface area contributed by atoms with Gasteiger partial charge in [-0.25, -0.2) is 9.97 Å². The number of amides is 1. The van der Waals surface area contributed by atoms with Crippen molar-refractivity contribution in [3.05, 3.63) is 58.3 Å². The maximum atomic E-state index is 12.5. The molecule has 3 rings (SSSR count). The lowest BCUT2D eigenvalue weighted by molar-refractivity contribution is 0.0929. The minimum atomic E-state index is -0.290. The van der Waals surface area contributed by atoms with Crippen LogP contribution in [0, 0.1) is 0 Å². The number of rotatable bonds is 4. The van der Waals surface area contributed by atoms with Gasteiger partial charge >= 0.3 is 0 Å². The van der Waals surface area contributed by atoms with Crippen molar-refractivity contribution in [1.29, 1.82) is 0 Å². The number of fused-ring (bicyclic) bond motifs is 1. The van der Waals surface area contributed by atoms with Gasteiger partial charge < -0.3 is 5.32 Å². The van der Waals surface area contributed by atoms with E-state index in [9.17, 15) is 4.79 Å². The van der Waals surface area contributed by atoms with Crippen LogP contribution in [0.3, 0.4) is 0 Å². The molecular formula is C19H17Cl2N3O. The maximum absolute atomic E-state index is 12.5. The third-order valence-corrected chi connectivity index (χ3v) is 4.46. The van der Waals surface area contributed by atoms with E-state index in [1.807, 2.05) is 26.0 Å². The van der Waals surface area contributed by atoms with Gasteiger partial charge in [-0.2, -0.15) is 0 Å². The van der Waals surface area contributed by atoms with E-state index in [0.717, 1.165) is 17.4 Å².